The molecule has 0 saturated heterocycles. The Bertz CT molecular complexity index is 438. The Morgan fingerprint density at radius 1 is 1.21 bits per heavy atom. The fourth-order valence-corrected chi connectivity index (χ4v) is 3.45. The Morgan fingerprint density at radius 3 is 2.84 bits per heavy atom. The van der Waals surface area contributed by atoms with Gasteiger partial charge in [0.25, 0.3) is 0 Å². The molecule has 1 aliphatic carbocycles. The zero-order valence-corrected chi connectivity index (χ0v) is 11.5. The van der Waals surface area contributed by atoms with Gasteiger partial charge >= 0.3 is 0 Å². The molecule has 1 aromatic rings. The minimum Gasteiger partial charge on any atom is -0.394 e. The van der Waals surface area contributed by atoms with Gasteiger partial charge < -0.3 is 15.7 Å². The van der Waals surface area contributed by atoms with Gasteiger partial charge in [-0.15, -0.1) is 0 Å². The van der Waals surface area contributed by atoms with Crippen LogP contribution in [-0.4, -0.2) is 23.8 Å². The molecule has 1 fully saturated rings. The number of nitrogens with one attached hydrogen (secondary N) is 2. The van der Waals surface area contributed by atoms with Crippen LogP contribution in [0.3, 0.4) is 0 Å². The minimum absolute atomic E-state index is 0.0304. The van der Waals surface area contributed by atoms with Gasteiger partial charge in [0.15, 0.2) is 0 Å². The maximum absolute atomic E-state index is 9.65. The lowest BCUT2D eigenvalue weighted by Crippen LogP contribution is -2.45. The summed E-state index contributed by atoms with van der Waals surface area (Å²) in [7, 11) is 0. The van der Waals surface area contributed by atoms with E-state index in [2.05, 4.69) is 28.8 Å². The molecule has 3 nitrogen and oxygen atoms in total. The van der Waals surface area contributed by atoms with Crippen LogP contribution >= 0.6 is 0 Å². The van der Waals surface area contributed by atoms with E-state index in [4.69, 9.17) is 0 Å². The molecule has 0 radical (unpaired) electrons. The molecule has 0 atom stereocenters. The minimum atomic E-state index is -0.0304. The predicted octanol–water partition coefficient (Wildman–Crippen LogP) is 2.44. The molecule has 1 aromatic carbocycles. The molecule has 3 rings (SSSR count). The third-order valence-electron chi connectivity index (χ3n) is 4.68. The first kappa shape index (κ1) is 12.9. The van der Waals surface area contributed by atoms with E-state index in [-0.39, 0.29) is 12.1 Å². The van der Waals surface area contributed by atoms with Crippen LogP contribution < -0.4 is 10.6 Å². The lowest BCUT2D eigenvalue weighted by atomic mass is 9.96. The summed E-state index contributed by atoms with van der Waals surface area (Å²) in [6.45, 7) is 2.20. The molecule has 1 heterocycles. The van der Waals surface area contributed by atoms with Crippen LogP contribution in [0.15, 0.2) is 18.2 Å². The SMILES string of the molecule is OCC1(NCc2cccc3c2NCCC3)CCCC1. The number of hydrogen-bond acceptors (Lipinski definition) is 3. The standard InChI is InChI=1S/C16H24N2O/c19-12-16(8-1-2-9-16)18-11-14-6-3-5-13-7-4-10-17-15(13)14/h3,5-6,17-19H,1-2,4,7-12H2. The number of aryl methyl sites for hydroxylation is 1. The second-order valence-corrected chi connectivity index (χ2v) is 5.98. The van der Waals surface area contributed by atoms with Crippen LogP contribution in [0.2, 0.25) is 0 Å². The first-order valence-corrected chi connectivity index (χ1v) is 7.54. The molecule has 0 unspecified atom stereocenters. The fraction of sp³-hybridized carbons (Fsp3) is 0.625. The molecular weight excluding hydrogens is 236 g/mol. The van der Waals surface area contributed by atoms with Gasteiger partial charge in [0.05, 0.1) is 6.61 Å². The third kappa shape index (κ3) is 2.63. The van der Waals surface area contributed by atoms with Crippen molar-refractivity contribution in [2.24, 2.45) is 0 Å². The Balaban J connectivity index is 1.73. The number of para-hydroxylation sites is 1. The first-order valence-electron chi connectivity index (χ1n) is 7.54. The molecule has 2 aliphatic rings. The molecule has 0 spiro atoms. The van der Waals surface area contributed by atoms with Crippen LogP contribution in [0, 0.1) is 0 Å². The molecule has 0 bridgehead atoms. The van der Waals surface area contributed by atoms with Gasteiger partial charge in [-0.05, 0) is 36.8 Å². The summed E-state index contributed by atoms with van der Waals surface area (Å²) >= 11 is 0. The Morgan fingerprint density at radius 2 is 2.05 bits per heavy atom. The van der Waals surface area contributed by atoms with E-state index < -0.39 is 0 Å². The second kappa shape index (κ2) is 5.51. The van der Waals surface area contributed by atoms with Gasteiger partial charge in [0.1, 0.15) is 0 Å². The van der Waals surface area contributed by atoms with Crippen molar-refractivity contribution < 1.29 is 5.11 Å². The molecular formula is C16H24N2O. The van der Waals surface area contributed by atoms with Crippen LogP contribution in [0.1, 0.15) is 43.2 Å². The number of hydrogen-bond donors (Lipinski definition) is 3. The lowest BCUT2D eigenvalue weighted by Gasteiger charge is -2.29. The molecule has 1 aliphatic heterocycles. The summed E-state index contributed by atoms with van der Waals surface area (Å²) < 4.78 is 0. The highest BCUT2D eigenvalue weighted by Crippen LogP contribution is 2.31. The van der Waals surface area contributed by atoms with E-state index in [0.717, 1.165) is 25.9 Å². The van der Waals surface area contributed by atoms with Crippen molar-refractivity contribution in [3.05, 3.63) is 29.3 Å². The predicted molar refractivity (Wildman–Crippen MR) is 78.4 cm³/mol. The molecule has 1 saturated carbocycles. The lowest BCUT2D eigenvalue weighted by molar-refractivity contribution is 0.163. The van der Waals surface area contributed by atoms with Crippen molar-refractivity contribution in [3.63, 3.8) is 0 Å². The van der Waals surface area contributed by atoms with Crippen molar-refractivity contribution in [3.8, 4) is 0 Å². The first-order chi connectivity index (χ1) is 9.33. The van der Waals surface area contributed by atoms with Crippen molar-refractivity contribution >= 4 is 5.69 Å². The van der Waals surface area contributed by atoms with Crippen LogP contribution in [0.5, 0.6) is 0 Å². The highest BCUT2D eigenvalue weighted by Gasteiger charge is 2.32. The summed E-state index contributed by atoms with van der Waals surface area (Å²) in [6.07, 6.45) is 7.08. The van der Waals surface area contributed by atoms with Crippen molar-refractivity contribution in [2.45, 2.75) is 50.6 Å². The number of anilines is 1. The largest absolute Gasteiger partial charge is 0.394 e. The van der Waals surface area contributed by atoms with E-state index >= 15 is 0 Å². The summed E-state index contributed by atoms with van der Waals surface area (Å²) in [4.78, 5) is 0. The average Bonchev–Trinajstić information content (AvgIpc) is 2.94. The van der Waals surface area contributed by atoms with E-state index in [9.17, 15) is 5.11 Å². The molecule has 19 heavy (non-hydrogen) atoms. The van der Waals surface area contributed by atoms with Gasteiger partial charge in [0.2, 0.25) is 0 Å². The number of rotatable bonds is 4. The normalized spacial score (nSPS) is 20.9. The monoisotopic (exact) mass is 260 g/mol. The fourth-order valence-electron chi connectivity index (χ4n) is 3.45. The van der Waals surface area contributed by atoms with E-state index in [1.165, 1.54) is 42.5 Å². The van der Waals surface area contributed by atoms with Crippen LogP contribution in [-0.2, 0) is 13.0 Å². The summed E-state index contributed by atoms with van der Waals surface area (Å²) in [5, 5.41) is 16.8. The van der Waals surface area contributed by atoms with Gasteiger partial charge in [-0.2, -0.15) is 0 Å². The quantitative estimate of drug-likeness (QED) is 0.779. The van der Waals surface area contributed by atoms with Gasteiger partial charge in [0, 0.05) is 24.3 Å². The van der Waals surface area contributed by atoms with Crippen molar-refractivity contribution in [1.82, 2.24) is 5.32 Å². The molecule has 0 aromatic heterocycles. The summed E-state index contributed by atoms with van der Waals surface area (Å²) in [5.74, 6) is 0. The van der Waals surface area contributed by atoms with Crippen LogP contribution in [0.4, 0.5) is 5.69 Å². The maximum Gasteiger partial charge on any atom is 0.0613 e. The van der Waals surface area contributed by atoms with Gasteiger partial charge in [-0.1, -0.05) is 31.0 Å². The highest BCUT2D eigenvalue weighted by atomic mass is 16.3. The molecule has 104 valence electrons. The smallest absolute Gasteiger partial charge is 0.0613 e. The zero-order valence-electron chi connectivity index (χ0n) is 11.5. The third-order valence-corrected chi connectivity index (χ3v) is 4.68. The highest BCUT2D eigenvalue weighted by molar-refractivity contribution is 5.59. The van der Waals surface area contributed by atoms with Gasteiger partial charge in [-0.3, -0.25) is 0 Å². The average molecular weight is 260 g/mol. The number of benzene rings is 1. The second-order valence-electron chi connectivity index (χ2n) is 5.98. The molecule has 3 N–H and O–H groups in total. The Labute approximate surface area is 115 Å². The molecule has 0 amide bonds. The Kier molecular flexibility index (Phi) is 3.76. The van der Waals surface area contributed by atoms with Crippen LogP contribution in [0.25, 0.3) is 0 Å². The topological polar surface area (TPSA) is 44.3 Å². The van der Waals surface area contributed by atoms with Crippen molar-refractivity contribution in [1.29, 1.82) is 0 Å². The van der Waals surface area contributed by atoms with Gasteiger partial charge in [-0.25, -0.2) is 0 Å². The van der Waals surface area contributed by atoms with Crippen molar-refractivity contribution in [2.75, 3.05) is 18.5 Å². The number of aliphatic hydroxyl groups excluding tert-OH is 1. The summed E-state index contributed by atoms with van der Waals surface area (Å²) in [5.41, 5.74) is 4.08. The number of fused-ring (bicyclic) bond motifs is 1. The number of aliphatic hydroxyl groups is 1. The zero-order chi connectivity index (χ0) is 13.1. The summed E-state index contributed by atoms with van der Waals surface area (Å²) in [6, 6.07) is 6.58. The molecule has 3 heteroatoms. The van der Waals surface area contributed by atoms with E-state index in [0.29, 0.717) is 0 Å². The Hall–Kier alpha value is -1.06. The van der Waals surface area contributed by atoms with E-state index in [1.54, 1.807) is 0 Å². The maximum atomic E-state index is 9.65. The van der Waals surface area contributed by atoms with E-state index in [1.807, 2.05) is 0 Å².